The molecule has 1 aliphatic rings. The molecule has 1 amide bonds. The molecule has 0 saturated heterocycles. The summed E-state index contributed by atoms with van der Waals surface area (Å²) in [5, 5.41) is 2.95. The fraction of sp³-hybridized carbons (Fsp3) is 0.316. The van der Waals surface area contributed by atoms with Gasteiger partial charge in [0.1, 0.15) is 11.5 Å². The number of nitrogens with one attached hydrogen (secondary N) is 1. The number of aromatic nitrogens is 4. The Balaban J connectivity index is 1.37. The summed E-state index contributed by atoms with van der Waals surface area (Å²) in [6, 6.07) is 7.77. The van der Waals surface area contributed by atoms with Gasteiger partial charge in [-0.05, 0) is 29.8 Å². The van der Waals surface area contributed by atoms with Gasteiger partial charge in [-0.2, -0.15) is 0 Å². The van der Waals surface area contributed by atoms with E-state index in [1.165, 1.54) is 5.56 Å². The monoisotopic (exact) mass is 350 g/mol. The molecule has 0 radical (unpaired) electrons. The molecule has 0 bridgehead atoms. The SMILES string of the molecule is Cn1cccc1C(=O)NCc1cn2c(n1)CN(Cc1ccncc1)CC2. The largest absolute Gasteiger partial charge is 0.347 e. The summed E-state index contributed by atoms with van der Waals surface area (Å²) in [7, 11) is 1.86. The van der Waals surface area contributed by atoms with E-state index in [2.05, 4.69) is 19.8 Å². The molecule has 0 atom stereocenters. The van der Waals surface area contributed by atoms with Gasteiger partial charge >= 0.3 is 0 Å². The van der Waals surface area contributed by atoms with E-state index in [1.807, 2.05) is 60.7 Å². The van der Waals surface area contributed by atoms with Crippen LogP contribution in [0.5, 0.6) is 0 Å². The van der Waals surface area contributed by atoms with Crippen LogP contribution in [0, 0.1) is 0 Å². The number of aryl methyl sites for hydroxylation is 1. The van der Waals surface area contributed by atoms with Gasteiger partial charge in [-0.1, -0.05) is 0 Å². The summed E-state index contributed by atoms with van der Waals surface area (Å²) in [6.07, 6.45) is 7.56. The maximum atomic E-state index is 12.2. The summed E-state index contributed by atoms with van der Waals surface area (Å²) in [6.45, 7) is 4.05. The molecule has 0 fully saturated rings. The molecular formula is C19H22N6O. The predicted octanol–water partition coefficient (Wildman–Crippen LogP) is 1.56. The number of rotatable bonds is 5. The van der Waals surface area contributed by atoms with Crippen molar-refractivity contribution in [2.75, 3.05) is 6.54 Å². The molecule has 7 nitrogen and oxygen atoms in total. The summed E-state index contributed by atoms with van der Waals surface area (Å²) < 4.78 is 4.00. The van der Waals surface area contributed by atoms with E-state index < -0.39 is 0 Å². The zero-order chi connectivity index (χ0) is 17.9. The van der Waals surface area contributed by atoms with Crippen molar-refractivity contribution in [3.05, 3.63) is 71.8 Å². The molecule has 3 aromatic heterocycles. The van der Waals surface area contributed by atoms with Gasteiger partial charge in [0.05, 0.1) is 18.8 Å². The number of amides is 1. The second-order valence-corrected chi connectivity index (χ2v) is 6.59. The molecule has 4 rings (SSSR count). The Labute approximate surface area is 152 Å². The highest BCUT2D eigenvalue weighted by Gasteiger charge is 2.19. The zero-order valence-electron chi connectivity index (χ0n) is 14.8. The Hall–Kier alpha value is -2.93. The normalized spacial score (nSPS) is 14.2. The Bertz CT molecular complexity index is 898. The minimum atomic E-state index is -0.0808. The van der Waals surface area contributed by atoms with E-state index in [4.69, 9.17) is 4.98 Å². The van der Waals surface area contributed by atoms with E-state index in [0.717, 1.165) is 37.7 Å². The third kappa shape index (κ3) is 3.52. The van der Waals surface area contributed by atoms with Crippen LogP contribution in [0.25, 0.3) is 0 Å². The zero-order valence-corrected chi connectivity index (χ0v) is 14.8. The molecule has 134 valence electrons. The quantitative estimate of drug-likeness (QED) is 0.758. The van der Waals surface area contributed by atoms with Gasteiger partial charge in [-0.15, -0.1) is 0 Å². The van der Waals surface area contributed by atoms with E-state index in [1.54, 1.807) is 0 Å². The minimum Gasteiger partial charge on any atom is -0.347 e. The number of hydrogen-bond donors (Lipinski definition) is 1. The molecule has 7 heteroatoms. The fourth-order valence-electron chi connectivity index (χ4n) is 3.29. The molecule has 0 aliphatic carbocycles. The second kappa shape index (κ2) is 7.13. The third-order valence-corrected chi connectivity index (χ3v) is 4.69. The van der Waals surface area contributed by atoms with Crippen LogP contribution in [0.2, 0.25) is 0 Å². The topological polar surface area (TPSA) is 68.0 Å². The lowest BCUT2D eigenvalue weighted by Crippen LogP contribution is -2.33. The van der Waals surface area contributed by atoms with Crippen molar-refractivity contribution < 1.29 is 4.79 Å². The lowest BCUT2D eigenvalue weighted by atomic mass is 10.2. The Kier molecular flexibility index (Phi) is 4.53. The minimum absolute atomic E-state index is 0.0808. The molecule has 4 heterocycles. The van der Waals surface area contributed by atoms with E-state index >= 15 is 0 Å². The summed E-state index contributed by atoms with van der Waals surface area (Å²) in [4.78, 5) is 23.4. The summed E-state index contributed by atoms with van der Waals surface area (Å²) >= 11 is 0. The molecule has 1 N–H and O–H groups in total. The highest BCUT2D eigenvalue weighted by atomic mass is 16.1. The van der Waals surface area contributed by atoms with Gasteiger partial charge in [0.15, 0.2) is 0 Å². The highest BCUT2D eigenvalue weighted by molar-refractivity contribution is 5.92. The number of hydrogen-bond acceptors (Lipinski definition) is 4. The highest BCUT2D eigenvalue weighted by Crippen LogP contribution is 2.15. The molecule has 3 aromatic rings. The lowest BCUT2D eigenvalue weighted by Gasteiger charge is -2.27. The first-order valence-corrected chi connectivity index (χ1v) is 8.75. The molecule has 0 unspecified atom stereocenters. The Morgan fingerprint density at radius 2 is 2.08 bits per heavy atom. The number of pyridine rings is 1. The van der Waals surface area contributed by atoms with Crippen LogP contribution < -0.4 is 5.32 Å². The van der Waals surface area contributed by atoms with Crippen LogP contribution in [0.15, 0.2) is 49.1 Å². The van der Waals surface area contributed by atoms with Crippen molar-refractivity contribution in [2.45, 2.75) is 26.2 Å². The first kappa shape index (κ1) is 16.5. The van der Waals surface area contributed by atoms with E-state index in [-0.39, 0.29) is 5.91 Å². The van der Waals surface area contributed by atoms with Crippen LogP contribution in [0.1, 0.15) is 27.6 Å². The number of carbonyl (C=O) groups is 1. The van der Waals surface area contributed by atoms with Gasteiger partial charge in [0.25, 0.3) is 5.91 Å². The van der Waals surface area contributed by atoms with Crippen LogP contribution in [-0.2, 0) is 33.2 Å². The second-order valence-electron chi connectivity index (χ2n) is 6.59. The molecule has 0 spiro atoms. The van der Waals surface area contributed by atoms with Crippen molar-refractivity contribution in [2.24, 2.45) is 7.05 Å². The Morgan fingerprint density at radius 3 is 2.85 bits per heavy atom. The third-order valence-electron chi connectivity index (χ3n) is 4.69. The van der Waals surface area contributed by atoms with Crippen molar-refractivity contribution in [1.82, 2.24) is 29.3 Å². The first-order chi connectivity index (χ1) is 12.7. The van der Waals surface area contributed by atoms with Gasteiger partial charge in [0.2, 0.25) is 0 Å². The molecule has 0 saturated carbocycles. The smallest absolute Gasteiger partial charge is 0.268 e. The average Bonchev–Trinajstić information content (AvgIpc) is 3.26. The standard InChI is InChI=1S/C19H22N6O/c1-23-8-2-3-17(23)19(26)21-11-16-13-25-10-9-24(14-18(25)22-16)12-15-4-6-20-7-5-15/h2-8,13H,9-12,14H2,1H3,(H,21,26). The Morgan fingerprint density at radius 1 is 1.23 bits per heavy atom. The summed E-state index contributed by atoms with van der Waals surface area (Å²) in [5.74, 6) is 0.969. The van der Waals surface area contributed by atoms with Crippen molar-refractivity contribution >= 4 is 5.91 Å². The van der Waals surface area contributed by atoms with Gasteiger partial charge < -0.3 is 14.5 Å². The maximum Gasteiger partial charge on any atom is 0.268 e. The average molecular weight is 350 g/mol. The van der Waals surface area contributed by atoms with Gasteiger partial charge in [-0.25, -0.2) is 4.98 Å². The molecule has 0 aromatic carbocycles. The number of nitrogens with zero attached hydrogens (tertiary/aromatic N) is 5. The van der Waals surface area contributed by atoms with E-state index in [9.17, 15) is 4.79 Å². The molecule has 26 heavy (non-hydrogen) atoms. The summed E-state index contributed by atoms with van der Waals surface area (Å²) in [5.41, 5.74) is 2.81. The maximum absolute atomic E-state index is 12.2. The van der Waals surface area contributed by atoms with Crippen molar-refractivity contribution in [1.29, 1.82) is 0 Å². The number of fused-ring (bicyclic) bond motifs is 1. The first-order valence-electron chi connectivity index (χ1n) is 8.75. The predicted molar refractivity (Wildman–Crippen MR) is 97.2 cm³/mol. The van der Waals surface area contributed by atoms with Crippen molar-refractivity contribution in [3.63, 3.8) is 0 Å². The van der Waals surface area contributed by atoms with Crippen LogP contribution >= 0.6 is 0 Å². The number of carbonyl (C=O) groups excluding carboxylic acids is 1. The fourth-order valence-corrected chi connectivity index (χ4v) is 3.29. The van der Waals surface area contributed by atoms with Crippen LogP contribution in [0.3, 0.4) is 0 Å². The molecular weight excluding hydrogens is 328 g/mol. The van der Waals surface area contributed by atoms with Crippen molar-refractivity contribution in [3.8, 4) is 0 Å². The van der Waals surface area contributed by atoms with Gasteiger partial charge in [-0.3, -0.25) is 14.7 Å². The molecule has 1 aliphatic heterocycles. The van der Waals surface area contributed by atoms with Crippen LogP contribution in [0.4, 0.5) is 0 Å². The van der Waals surface area contributed by atoms with Crippen LogP contribution in [-0.4, -0.2) is 36.5 Å². The van der Waals surface area contributed by atoms with Gasteiger partial charge in [0, 0.05) is 51.5 Å². The lowest BCUT2D eigenvalue weighted by molar-refractivity contribution is 0.0942. The number of imidazole rings is 1. The van der Waals surface area contributed by atoms with E-state index in [0.29, 0.717) is 12.2 Å².